The monoisotopic (exact) mass is 386 g/mol. The Morgan fingerprint density at radius 2 is 1.85 bits per heavy atom. The SMILES string of the molecule is Cc1nn(C)c(NCc2ccccc2COc2ccccc2Cl)c1[N+](=O)[O-]. The number of nitrogens with one attached hydrogen (secondary N) is 1. The fraction of sp³-hybridized carbons (Fsp3) is 0.211. The molecule has 0 radical (unpaired) electrons. The van der Waals surface area contributed by atoms with E-state index in [-0.39, 0.29) is 5.69 Å². The molecule has 1 heterocycles. The Labute approximate surface area is 161 Å². The number of hydrogen-bond acceptors (Lipinski definition) is 5. The van der Waals surface area contributed by atoms with Crippen LogP contribution in [0.15, 0.2) is 48.5 Å². The Bertz CT molecular complexity index is 971. The van der Waals surface area contributed by atoms with Crippen LogP contribution in [0.25, 0.3) is 0 Å². The maximum atomic E-state index is 11.3. The highest BCUT2D eigenvalue weighted by molar-refractivity contribution is 6.32. The molecule has 27 heavy (non-hydrogen) atoms. The first kappa shape index (κ1) is 18.7. The van der Waals surface area contributed by atoms with E-state index in [0.717, 1.165) is 11.1 Å². The van der Waals surface area contributed by atoms with Gasteiger partial charge in [0, 0.05) is 13.6 Å². The van der Waals surface area contributed by atoms with Gasteiger partial charge in [0.1, 0.15) is 18.1 Å². The minimum absolute atomic E-state index is 0.0118. The molecule has 1 N–H and O–H groups in total. The summed E-state index contributed by atoms with van der Waals surface area (Å²) in [5, 5.41) is 19.1. The van der Waals surface area contributed by atoms with Gasteiger partial charge in [-0.2, -0.15) is 5.10 Å². The van der Waals surface area contributed by atoms with Crippen molar-refractivity contribution in [2.24, 2.45) is 7.05 Å². The highest BCUT2D eigenvalue weighted by Gasteiger charge is 2.23. The number of halogens is 1. The Balaban J connectivity index is 1.76. The van der Waals surface area contributed by atoms with Gasteiger partial charge < -0.3 is 10.1 Å². The molecule has 3 aromatic rings. The fourth-order valence-corrected chi connectivity index (χ4v) is 3.02. The Morgan fingerprint density at radius 1 is 1.19 bits per heavy atom. The molecule has 0 unspecified atom stereocenters. The number of benzene rings is 2. The third-order valence-corrected chi connectivity index (χ3v) is 4.47. The summed E-state index contributed by atoms with van der Waals surface area (Å²) >= 11 is 6.13. The lowest BCUT2D eigenvalue weighted by Gasteiger charge is -2.13. The summed E-state index contributed by atoms with van der Waals surface area (Å²) < 4.78 is 7.30. The number of ether oxygens (including phenoxy) is 1. The molecule has 0 amide bonds. The molecule has 0 spiro atoms. The molecule has 0 aliphatic carbocycles. The number of rotatable bonds is 7. The van der Waals surface area contributed by atoms with Crippen LogP contribution in [-0.4, -0.2) is 14.7 Å². The first-order chi connectivity index (χ1) is 13.0. The van der Waals surface area contributed by atoms with E-state index in [1.807, 2.05) is 42.5 Å². The highest BCUT2D eigenvalue weighted by Crippen LogP contribution is 2.28. The number of nitro groups is 1. The third-order valence-electron chi connectivity index (χ3n) is 4.16. The van der Waals surface area contributed by atoms with Gasteiger partial charge in [-0.25, -0.2) is 4.68 Å². The molecule has 0 saturated carbocycles. The van der Waals surface area contributed by atoms with Gasteiger partial charge in [0.15, 0.2) is 0 Å². The molecule has 0 fully saturated rings. The van der Waals surface area contributed by atoms with Gasteiger partial charge in [-0.05, 0) is 30.2 Å². The van der Waals surface area contributed by atoms with E-state index in [1.54, 1.807) is 20.0 Å². The van der Waals surface area contributed by atoms with E-state index in [0.29, 0.717) is 35.4 Å². The van der Waals surface area contributed by atoms with Crippen molar-refractivity contribution in [1.82, 2.24) is 9.78 Å². The number of para-hydroxylation sites is 1. The lowest BCUT2D eigenvalue weighted by Crippen LogP contribution is -2.09. The number of nitrogens with zero attached hydrogens (tertiary/aromatic N) is 3. The van der Waals surface area contributed by atoms with Crippen molar-refractivity contribution in [2.75, 3.05) is 5.32 Å². The molecule has 0 atom stereocenters. The molecule has 8 heteroatoms. The lowest BCUT2D eigenvalue weighted by atomic mass is 10.1. The summed E-state index contributed by atoms with van der Waals surface area (Å²) in [6.45, 7) is 2.37. The number of aromatic nitrogens is 2. The second-order valence-corrected chi connectivity index (χ2v) is 6.41. The van der Waals surface area contributed by atoms with Gasteiger partial charge in [-0.15, -0.1) is 0 Å². The van der Waals surface area contributed by atoms with Crippen molar-refractivity contribution in [3.8, 4) is 5.75 Å². The zero-order valence-electron chi connectivity index (χ0n) is 15.0. The van der Waals surface area contributed by atoms with Crippen LogP contribution in [0.4, 0.5) is 11.5 Å². The summed E-state index contributed by atoms with van der Waals surface area (Å²) in [5.74, 6) is 0.985. The number of aryl methyl sites for hydroxylation is 2. The Kier molecular flexibility index (Phi) is 5.61. The van der Waals surface area contributed by atoms with E-state index < -0.39 is 4.92 Å². The molecule has 0 aliphatic heterocycles. The molecule has 0 aliphatic rings. The molecule has 0 saturated heterocycles. The highest BCUT2D eigenvalue weighted by atomic mass is 35.5. The van der Waals surface area contributed by atoms with Crippen LogP contribution >= 0.6 is 11.6 Å². The van der Waals surface area contributed by atoms with E-state index >= 15 is 0 Å². The number of anilines is 1. The van der Waals surface area contributed by atoms with E-state index in [4.69, 9.17) is 16.3 Å². The van der Waals surface area contributed by atoms with Gasteiger partial charge in [0.25, 0.3) is 0 Å². The zero-order valence-corrected chi connectivity index (χ0v) is 15.7. The van der Waals surface area contributed by atoms with Crippen molar-refractivity contribution >= 4 is 23.1 Å². The van der Waals surface area contributed by atoms with Crippen molar-refractivity contribution < 1.29 is 9.66 Å². The van der Waals surface area contributed by atoms with Crippen LogP contribution in [0.3, 0.4) is 0 Å². The van der Waals surface area contributed by atoms with Crippen LogP contribution in [0.1, 0.15) is 16.8 Å². The predicted octanol–water partition coefficient (Wildman–Crippen LogP) is 4.48. The average molecular weight is 387 g/mol. The summed E-state index contributed by atoms with van der Waals surface area (Å²) in [7, 11) is 1.68. The second kappa shape index (κ2) is 8.09. The van der Waals surface area contributed by atoms with Gasteiger partial charge in [-0.1, -0.05) is 48.0 Å². The smallest absolute Gasteiger partial charge is 0.333 e. The Hall–Kier alpha value is -3.06. The standard InChI is InChI=1S/C19H19ClN4O3/c1-13-18(24(25)26)19(23(2)22-13)21-11-14-7-3-4-8-15(14)12-27-17-10-6-5-9-16(17)20/h3-10,21H,11-12H2,1-2H3. The minimum Gasteiger partial charge on any atom is -0.487 e. The maximum Gasteiger partial charge on any atom is 0.333 e. The van der Waals surface area contributed by atoms with Crippen LogP contribution in [0.5, 0.6) is 5.75 Å². The average Bonchev–Trinajstić information content (AvgIpc) is 2.93. The third kappa shape index (κ3) is 4.20. The van der Waals surface area contributed by atoms with Crippen LogP contribution in [0.2, 0.25) is 5.02 Å². The van der Waals surface area contributed by atoms with E-state index in [1.165, 1.54) is 4.68 Å². The lowest BCUT2D eigenvalue weighted by molar-refractivity contribution is -0.384. The topological polar surface area (TPSA) is 82.2 Å². The first-order valence-electron chi connectivity index (χ1n) is 8.33. The molecule has 0 bridgehead atoms. The molecule has 7 nitrogen and oxygen atoms in total. The van der Waals surface area contributed by atoms with Crippen molar-refractivity contribution in [3.05, 3.63) is 80.5 Å². The van der Waals surface area contributed by atoms with Gasteiger partial charge in [0.05, 0.1) is 9.95 Å². The Morgan fingerprint density at radius 3 is 2.56 bits per heavy atom. The largest absolute Gasteiger partial charge is 0.487 e. The minimum atomic E-state index is -0.420. The summed E-state index contributed by atoms with van der Waals surface area (Å²) in [4.78, 5) is 10.9. The van der Waals surface area contributed by atoms with Crippen LogP contribution in [0, 0.1) is 17.0 Å². The van der Waals surface area contributed by atoms with Crippen LogP contribution < -0.4 is 10.1 Å². The molecule has 2 aromatic carbocycles. The number of hydrogen-bond donors (Lipinski definition) is 1. The van der Waals surface area contributed by atoms with Crippen molar-refractivity contribution in [3.63, 3.8) is 0 Å². The predicted molar refractivity (Wildman–Crippen MR) is 104 cm³/mol. The summed E-state index contributed by atoms with van der Waals surface area (Å²) in [6, 6.07) is 15.0. The fourth-order valence-electron chi connectivity index (χ4n) is 2.83. The molecular formula is C19H19ClN4O3. The van der Waals surface area contributed by atoms with E-state index in [2.05, 4.69) is 10.4 Å². The molecular weight excluding hydrogens is 368 g/mol. The van der Waals surface area contributed by atoms with Crippen LogP contribution in [-0.2, 0) is 20.2 Å². The van der Waals surface area contributed by atoms with Gasteiger partial charge in [-0.3, -0.25) is 10.1 Å². The quantitative estimate of drug-likeness (QED) is 0.478. The molecule has 3 rings (SSSR count). The molecule has 140 valence electrons. The van der Waals surface area contributed by atoms with Crippen molar-refractivity contribution in [1.29, 1.82) is 0 Å². The first-order valence-corrected chi connectivity index (χ1v) is 8.71. The van der Waals surface area contributed by atoms with Crippen molar-refractivity contribution in [2.45, 2.75) is 20.1 Å². The van der Waals surface area contributed by atoms with Gasteiger partial charge in [0.2, 0.25) is 5.82 Å². The normalized spacial score (nSPS) is 10.6. The van der Waals surface area contributed by atoms with Gasteiger partial charge >= 0.3 is 5.69 Å². The second-order valence-electron chi connectivity index (χ2n) is 6.00. The van der Waals surface area contributed by atoms with E-state index in [9.17, 15) is 10.1 Å². The summed E-state index contributed by atoms with van der Waals surface area (Å²) in [5.41, 5.74) is 2.30. The maximum absolute atomic E-state index is 11.3. The summed E-state index contributed by atoms with van der Waals surface area (Å²) in [6.07, 6.45) is 0. The zero-order chi connectivity index (χ0) is 19.4. The molecule has 1 aromatic heterocycles.